The molecule has 0 aliphatic carbocycles. The smallest absolute Gasteiger partial charge is 0.286 e. The van der Waals surface area contributed by atoms with Gasteiger partial charge in [0, 0.05) is 13.1 Å². The fourth-order valence-corrected chi connectivity index (χ4v) is 4.03. The summed E-state index contributed by atoms with van der Waals surface area (Å²) in [5.41, 5.74) is 2.43. The second-order valence-corrected chi connectivity index (χ2v) is 7.10. The van der Waals surface area contributed by atoms with E-state index in [1.807, 2.05) is 6.08 Å². The minimum Gasteiger partial charge on any atom is -0.378 e. The summed E-state index contributed by atoms with van der Waals surface area (Å²) in [6, 6.07) is 8.55. The molecule has 0 N–H and O–H groups in total. The van der Waals surface area contributed by atoms with Gasteiger partial charge in [0.1, 0.15) is 0 Å². The van der Waals surface area contributed by atoms with Gasteiger partial charge in [0.05, 0.1) is 18.1 Å². The van der Waals surface area contributed by atoms with E-state index in [0.717, 1.165) is 36.7 Å². The molecule has 0 aromatic heterocycles. The highest BCUT2D eigenvalue weighted by molar-refractivity contribution is 8.18. The van der Waals surface area contributed by atoms with Crippen LogP contribution in [0.5, 0.6) is 0 Å². The first kappa shape index (κ1) is 17.2. The summed E-state index contributed by atoms with van der Waals surface area (Å²) < 4.78 is 5.35. The van der Waals surface area contributed by atoms with Crippen LogP contribution in [0.2, 0.25) is 0 Å². The Morgan fingerprint density at radius 2 is 1.88 bits per heavy atom. The molecule has 2 aliphatic heterocycles. The number of benzene rings is 1. The molecule has 4 nitrogen and oxygen atoms in total. The highest BCUT2D eigenvalue weighted by Gasteiger charge is 2.27. The lowest BCUT2D eigenvalue weighted by molar-refractivity contribution is -0.113. The molecule has 1 fully saturated rings. The largest absolute Gasteiger partial charge is 0.378 e. The Balaban J connectivity index is 1.69. The third-order valence-corrected chi connectivity index (χ3v) is 5.63. The van der Waals surface area contributed by atoms with E-state index in [1.54, 1.807) is 0 Å². The zero-order valence-electron chi connectivity index (χ0n) is 14.3. The number of aliphatic imine (C=N–C) groups is 1. The molecule has 24 heavy (non-hydrogen) atoms. The molecule has 5 heteroatoms. The van der Waals surface area contributed by atoms with Gasteiger partial charge < -0.3 is 9.64 Å². The van der Waals surface area contributed by atoms with E-state index in [2.05, 4.69) is 48.0 Å². The molecule has 128 valence electrons. The van der Waals surface area contributed by atoms with E-state index < -0.39 is 0 Å². The number of carbonyl (C=O) groups is 1. The molecule has 0 radical (unpaired) electrons. The normalized spacial score (nSPS) is 20.1. The lowest BCUT2D eigenvalue weighted by Gasteiger charge is -2.27. The molecule has 2 aliphatic rings. The SMILES string of the molecule is CCC(CC)c1ccc(C=C2SC(N3CCOCC3)=NC2=O)cc1. The standard InChI is InChI=1S/C19H24N2O2S/c1-3-15(4-2)16-7-5-14(6-8-16)13-17-18(22)20-19(24-17)21-9-11-23-12-10-21/h5-8,13,15H,3-4,9-12H2,1-2H3. The van der Waals surface area contributed by atoms with Crippen molar-refractivity contribution in [3.05, 3.63) is 40.3 Å². The van der Waals surface area contributed by atoms with Crippen molar-refractivity contribution in [3.8, 4) is 0 Å². The summed E-state index contributed by atoms with van der Waals surface area (Å²) in [6.45, 7) is 7.45. The van der Waals surface area contributed by atoms with Crippen molar-refractivity contribution >= 4 is 28.9 Å². The summed E-state index contributed by atoms with van der Waals surface area (Å²) in [5, 5.41) is 0.809. The molecule has 0 saturated carbocycles. The number of nitrogens with zero attached hydrogens (tertiary/aromatic N) is 2. The number of hydrogen-bond acceptors (Lipinski definition) is 4. The summed E-state index contributed by atoms with van der Waals surface area (Å²) in [6.07, 6.45) is 4.25. The van der Waals surface area contributed by atoms with Gasteiger partial charge in [-0.05, 0) is 47.7 Å². The third-order valence-electron chi connectivity index (χ3n) is 4.58. The average molecular weight is 344 g/mol. The molecule has 2 heterocycles. The van der Waals surface area contributed by atoms with E-state index in [9.17, 15) is 4.79 Å². The molecule has 0 spiro atoms. The molecule has 0 unspecified atom stereocenters. The molecule has 0 atom stereocenters. The number of rotatable bonds is 4. The van der Waals surface area contributed by atoms with Crippen LogP contribution in [0.25, 0.3) is 6.08 Å². The topological polar surface area (TPSA) is 41.9 Å². The van der Waals surface area contributed by atoms with E-state index in [4.69, 9.17) is 4.74 Å². The van der Waals surface area contributed by atoms with Crippen molar-refractivity contribution in [2.24, 2.45) is 4.99 Å². The van der Waals surface area contributed by atoms with E-state index in [1.165, 1.54) is 17.3 Å². The van der Waals surface area contributed by atoms with E-state index >= 15 is 0 Å². The second kappa shape index (κ2) is 7.99. The second-order valence-electron chi connectivity index (χ2n) is 6.09. The van der Waals surface area contributed by atoms with Gasteiger partial charge in [0.25, 0.3) is 5.91 Å². The Kier molecular flexibility index (Phi) is 5.74. The summed E-state index contributed by atoms with van der Waals surface area (Å²) in [4.78, 5) is 19.2. The Bertz CT molecular complexity index is 642. The van der Waals surface area contributed by atoms with Gasteiger partial charge in [-0.25, -0.2) is 0 Å². The maximum Gasteiger partial charge on any atom is 0.286 e. The first-order chi connectivity index (χ1) is 11.7. The highest BCUT2D eigenvalue weighted by Crippen LogP contribution is 2.31. The van der Waals surface area contributed by atoms with Gasteiger partial charge in [-0.1, -0.05) is 38.1 Å². The number of amidine groups is 1. The van der Waals surface area contributed by atoms with Crippen molar-refractivity contribution < 1.29 is 9.53 Å². The average Bonchev–Trinajstić information content (AvgIpc) is 2.99. The molecule has 1 aromatic carbocycles. The van der Waals surface area contributed by atoms with Crippen molar-refractivity contribution in [3.63, 3.8) is 0 Å². The highest BCUT2D eigenvalue weighted by atomic mass is 32.2. The summed E-state index contributed by atoms with van der Waals surface area (Å²) in [5.74, 6) is 0.482. The maximum atomic E-state index is 12.2. The fourth-order valence-electron chi connectivity index (χ4n) is 3.06. The van der Waals surface area contributed by atoms with Crippen LogP contribution < -0.4 is 0 Å². The van der Waals surface area contributed by atoms with Crippen LogP contribution in [-0.2, 0) is 9.53 Å². The lowest BCUT2D eigenvalue weighted by atomic mass is 9.93. The molecule has 0 bridgehead atoms. The van der Waals surface area contributed by atoms with Gasteiger partial charge in [0.15, 0.2) is 5.17 Å². The third kappa shape index (κ3) is 3.90. The number of hydrogen-bond donors (Lipinski definition) is 0. The van der Waals surface area contributed by atoms with Gasteiger partial charge in [-0.15, -0.1) is 0 Å². The van der Waals surface area contributed by atoms with Crippen molar-refractivity contribution in [1.82, 2.24) is 4.90 Å². The van der Waals surface area contributed by atoms with Crippen molar-refractivity contribution in [2.75, 3.05) is 26.3 Å². The molecular weight excluding hydrogens is 320 g/mol. The monoisotopic (exact) mass is 344 g/mol. The number of thioether (sulfide) groups is 1. The van der Waals surface area contributed by atoms with Crippen LogP contribution in [0, 0.1) is 0 Å². The molecule has 1 amide bonds. The quantitative estimate of drug-likeness (QED) is 0.777. The summed E-state index contributed by atoms with van der Waals surface area (Å²) in [7, 11) is 0. The number of ether oxygens (including phenoxy) is 1. The van der Waals surface area contributed by atoms with Crippen LogP contribution in [0.4, 0.5) is 0 Å². The zero-order chi connectivity index (χ0) is 16.9. The first-order valence-corrected chi connectivity index (χ1v) is 9.48. The van der Waals surface area contributed by atoms with Gasteiger partial charge in [0.2, 0.25) is 0 Å². The predicted octanol–water partition coefficient (Wildman–Crippen LogP) is 3.89. The van der Waals surface area contributed by atoms with Crippen LogP contribution in [0.15, 0.2) is 34.2 Å². The zero-order valence-corrected chi connectivity index (χ0v) is 15.1. The van der Waals surface area contributed by atoms with Crippen molar-refractivity contribution in [2.45, 2.75) is 32.6 Å². The Morgan fingerprint density at radius 3 is 2.50 bits per heavy atom. The number of amides is 1. The van der Waals surface area contributed by atoms with Crippen LogP contribution in [0.3, 0.4) is 0 Å². The Hall–Kier alpha value is -1.59. The van der Waals surface area contributed by atoms with Crippen LogP contribution in [-0.4, -0.2) is 42.3 Å². The predicted molar refractivity (Wildman–Crippen MR) is 100 cm³/mol. The molecule has 3 rings (SSSR count). The minimum atomic E-state index is -0.134. The molecule has 1 saturated heterocycles. The lowest BCUT2D eigenvalue weighted by Crippen LogP contribution is -2.38. The van der Waals surface area contributed by atoms with E-state index in [0.29, 0.717) is 24.0 Å². The van der Waals surface area contributed by atoms with E-state index in [-0.39, 0.29) is 5.91 Å². The van der Waals surface area contributed by atoms with Gasteiger partial charge in [-0.3, -0.25) is 4.79 Å². The Morgan fingerprint density at radius 1 is 1.21 bits per heavy atom. The first-order valence-electron chi connectivity index (χ1n) is 8.66. The number of carbonyl (C=O) groups excluding carboxylic acids is 1. The fraction of sp³-hybridized carbons (Fsp3) is 0.474. The summed E-state index contributed by atoms with van der Waals surface area (Å²) >= 11 is 1.47. The van der Waals surface area contributed by atoms with Crippen LogP contribution in [0.1, 0.15) is 43.7 Å². The van der Waals surface area contributed by atoms with Crippen molar-refractivity contribution in [1.29, 1.82) is 0 Å². The van der Waals surface area contributed by atoms with Gasteiger partial charge in [-0.2, -0.15) is 4.99 Å². The Labute approximate surface area is 148 Å². The molecule has 1 aromatic rings. The minimum absolute atomic E-state index is 0.134. The van der Waals surface area contributed by atoms with Crippen LogP contribution >= 0.6 is 11.8 Å². The number of morpholine rings is 1. The molecular formula is C19H24N2O2S. The maximum absolute atomic E-state index is 12.2. The van der Waals surface area contributed by atoms with Gasteiger partial charge >= 0.3 is 0 Å².